The molecule has 584 valence electrons. The van der Waals surface area contributed by atoms with Crippen LogP contribution in [0.2, 0.25) is 0 Å². The summed E-state index contributed by atoms with van der Waals surface area (Å²) >= 11 is 0. The zero-order chi connectivity index (χ0) is 76.8. The summed E-state index contributed by atoms with van der Waals surface area (Å²) in [5.41, 5.74) is -1.71. The number of esters is 2. The highest BCUT2D eigenvalue weighted by Gasteiger charge is 2.51. The fraction of sp³-hybridized carbons (Fsp3) is 0.708. The number of carbonyl (C=O) groups is 11. The molecule has 2 fully saturated rings. The van der Waals surface area contributed by atoms with Crippen LogP contribution in [0.25, 0.3) is 0 Å². The topological polar surface area (TPSA) is 463 Å². The van der Waals surface area contributed by atoms with E-state index in [2.05, 4.69) is 47.8 Å². The van der Waals surface area contributed by atoms with E-state index >= 15 is 0 Å². The van der Waals surface area contributed by atoms with Crippen molar-refractivity contribution in [3.05, 3.63) is 23.7 Å². The molecule has 4 heterocycles. The number of nitrogens with one attached hydrogen (secondary N) is 6. The van der Waals surface area contributed by atoms with E-state index in [4.69, 9.17) is 96.4 Å². The van der Waals surface area contributed by atoms with Gasteiger partial charge >= 0.3 is 42.5 Å². The van der Waals surface area contributed by atoms with Gasteiger partial charge in [-0.2, -0.15) is 0 Å². The summed E-state index contributed by atoms with van der Waals surface area (Å²) in [5.74, 6) is -2.69. The lowest BCUT2D eigenvalue weighted by molar-refractivity contribution is -0.155. The smallest absolute Gasteiger partial charge is 0.478 e. The maximum atomic E-state index is 13.4. The van der Waals surface area contributed by atoms with Crippen molar-refractivity contribution >= 4 is 77.8 Å². The number of methoxy groups -OCH3 is 2. The van der Waals surface area contributed by atoms with Gasteiger partial charge in [-0.05, 0) is 80.4 Å². The third-order valence-corrected chi connectivity index (χ3v) is 14.0. The maximum absolute atomic E-state index is 13.4. The predicted octanol–water partition coefficient (Wildman–Crippen LogP) is 0.513. The largest absolute Gasteiger partial charge is 0.508 e. The molecule has 0 aliphatic carbocycles. The molecule has 0 spiro atoms. The van der Waals surface area contributed by atoms with Gasteiger partial charge < -0.3 is 116 Å². The summed E-state index contributed by atoms with van der Waals surface area (Å²) in [7, 11) is 2.20. The Kier molecular flexibility index (Phi) is 38.4. The first-order valence-electron chi connectivity index (χ1n) is 33.2. The Labute approximate surface area is 601 Å². The molecule has 0 bridgehead atoms. The standard InChI is InChI=1S/C65H99N9O30/c1-14-21-88-26-27-91-28-29-92-30-31-93-38-98-61(83)74(19-24-89-22-15-17-66-49(77)36-94-53(47-34-96-62(84)101-47)55-51(72-41(4)75)43(32-45(99-55)57(79)86-12)68-39(2)70-59(81)103-64(6,7)8)20-25-90-23-16-18-67-50(78)37-95-54(48-35-97-63(85)102-48)56-52(73-42(5)76)44(33-46(100-56)58(80)87-13)69-40(3)71-60(82)104-65(9,10)11/h1,32-33,43-44,47-48,51-56H,15-31,34-38H2,2-13H3,(H,66,77)(H,67,78)(H,72,75)(H,73,76)(H,68,70,81)(H,69,71,82)/t43-,44-,47+,48+,51+,52+,53+,54+,55+,56+/m0/s1. The Morgan fingerprint density at radius 3 is 1.33 bits per heavy atom. The van der Waals surface area contributed by atoms with E-state index in [1.165, 1.54) is 44.7 Å². The van der Waals surface area contributed by atoms with Gasteiger partial charge in [-0.3, -0.25) is 39.8 Å². The Hall–Kier alpha value is -9.17. The van der Waals surface area contributed by atoms with Gasteiger partial charge in [-0.1, -0.05) is 5.92 Å². The molecule has 0 saturated carbocycles. The van der Waals surface area contributed by atoms with Gasteiger partial charge in [0.25, 0.3) is 0 Å². The van der Waals surface area contributed by atoms with Crippen LogP contribution in [0, 0.1) is 12.3 Å². The molecule has 0 aromatic carbocycles. The van der Waals surface area contributed by atoms with Crippen LogP contribution in [0.15, 0.2) is 33.7 Å². The number of carbonyl (C=O) groups excluding carboxylic acids is 11. The van der Waals surface area contributed by atoms with E-state index in [1.54, 1.807) is 41.5 Å². The van der Waals surface area contributed by atoms with Crippen LogP contribution >= 0.6 is 0 Å². The zero-order valence-corrected chi connectivity index (χ0v) is 60.7. The minimum absolute atomic E-state index is 0.0000944. The lowest BCUT2D eigenvalue weighted by Crippen LogP contribution is -2.60. The number of aliphatic imine (C=N–C) groups is 2. The highest BCUT2D eigenvalue weighted by atomic mass is 16.8. The van der Waals surface area contributed by atoms with Crippen molar-refractivity contribution in [3.8, 4) is 12.3 Å². The molecule has 104 heavy (non-hydrogen) atoms. The average Bonchev–Trinajstić information content (AvgIpc) is 1.41. The van der Waals surface area contributed by atoms with E-state index < -0.39 is 158 Å². The van der Waals surface area contributed by atoms with E-state index in [-0.39, 0.29) is 128 Å². The summed E-state index contributed by atoms with van der Waals surface area (Å²) in [6, 6.07) is -4.65. The van der Waals surface area contributed by atoms with Crippen molar-refractivity contribution in [1.29, 1.82) is 0 Å². The van der Waals surface area contributed by atoms with Crippen molar-refractivity contribution in [2.45, 2.75) is 154 Å². The molecule has 4 aliphatic heterocycles. The van der Waals surface area contributed by atoms with Crippen molar-refractivity contribution in [1.82, 2.24) is 36.8 Å². The van der Waals surface area contributed by atoms with Gasteiger partial charge in [0.1, 0.15) is 68.1 Å². The molecule has 7 amide bonds. The molecule has 0 unspecified atom stereocenters. The van der Waals surface area contributed by atoms with Crippen LogP contribution in [0.4, 0.5) is 24.0 Å². The molecule has 10 atom stereocenters. The summed E-state index contributed by atoms with van der Waals surface area (Å²) in [6.45, 7) is 14.8. The molecule has 4 rings (SSSR count). The first-order chi connectivity index (χ1) is 49.4. The Morgan fingerprint density at radius 2 is 0.962 bits per heavy atom. The molecular formula is C65H99N9O30. The van der Waals surface area contributed by atoms with Gasteiger partial charge in [0.2, 0.25) is 35.1 Å². The van der Waals surface area contributed by atoms with Crippen LogP contribution in [0.3, 0.4) is 0 Å². The van der Waals surface area contributed by atoms with Crippen LogP contribution in [0.1, 0.15) is 82.1 Å². The first kappa shape index (κ1) is 87.2. The number of hydrogen-bond donors (Lipinski definition) is 6. The molecule has 4 aliphatic rings. The Balaban J connectivity index is 1.33. The van der Waals surface area contributed by atoms with Gasteiger partial charge in [0.15, 0.2) is 31.2 Å². The lowest BCUT2D eigenvalue weighted by atomic mass is 9.92. The first-order valence-corrected chi connectivity index (χ1v) is 33.2. The minimum atomic E-state index is -1.40. The number of rotatable bonds is 42. The summed E-state index contributed by atoms with van der Waals surface area (Å²) in [6.07, 6.45) is -4.42. The van der Waals surface area contributed by atoms with Crippen molar-refractivity contribution in [2.24, 2.45) is 9.98 Å². The van der Waals surface area contributed by atoms with Crippen molar-refractivity contribution < 1.29 is 143 Å². The Bertz CT molecular complexity index is 2850. The number of cyclic esters (lactones) is 4. The number of amides is 7. The fourth-order valence-corrected chi connectivity index (χ4v) is 9.72. The molecule has 2 saturated heterocycles. The average molecular weight is 1490 g/mol. The lowest BCUT2D eigenvalue weighted by Gasteiger charge is -2.40. The van der Waals surface area contributed by atoms with Crippen LogP contribution in [0.5, 0.6) is 0 Å². The second-order valence-corrected chi connectivity index (χ2v) is 24.8. The number of ether oxygens (including phenoxy) is 19. The van der Waals surface area contributed by atoms with Gasteiger partial charge in [-0.15, -0.1) is 6.42 Å². The minimum Gasteiger partial charge on any atom is -0.478 e. The number of alkyl carbamates (subject to hydrolysis) is 2. The van der Waals surface area contributed by atoms with E-state index in [0.717, 1.165) is 14.2 Å². The normalized spacial score (nSPS) is 20.8. The zero-order valence-electron chi connectivity index (χ0n) is 60.7. The second kappa shape index (κ2) is 45.8. The molecule has 39 nitrogen and oxygen atoms in total. The summed E-state index contributed by atoms with van der Waals surface area (Å²) in [4.78, 5) is 151. The number of nitrogens with zero attached hydrogens (tertiary/aromatic N) is 3. The van der Waals surface area contributed by atoms with Crippen LogP contribution in [-0.4, -0.2) is 301 Å². The number of amidine groups is 2. The molecule has 39 heteroatoms. The molecular weight excluding hydrogens is 1390 g/mol. The van der Waals surface area contributed by atoms with Gasteiger partial charge in [-0.25, -0.2) is 33.6 Å². The summed E-state index contributed by atoms with van der Waals surface area (Å²) < 4.78 is 104. The van der Waals surface area contributed by atoms with E-state index in [9.17, 15) is 52.7 Å². The van der Waals surface area contributed by atoms with Crippen LogP contribution < -0.4 is 31.9 Å². The summed E-state index contributed by atoms with van der Waals surface area (Å²) in [5, 5.41) is 15.8. The van der Waals surface area contributed by atoms with Crippen LogP contribution in [-0.2, 0) is 119 Å². The second-order valence-electron chi connectivity index (χ2n) is 24.8. The highest BCUT2D eigenvalue weighted by molar-refractivity contribution is 5.95. The molecule has 0 aromatic heterocycles. The SMILES string of the molecule is C#CCOCCOCCOCCOCOC(=O)N(CCOCCCNC(=O)CO[C@@H]([C@@H]1OC(C(=O)OC)=C[C@H](N=C(C)NC(=O)OC(C)(C)C)[C@H]1NC(C)=O)[C@H]1COC(=O)O1)CCOCCCNC(=O)CO[C@@H]([C@@H]1OC(C(=O)OC)=C[C@H](N=C(C)NC(=O)OC(C)(C)C)[C@H]1NC(C)=O)[C@H]1COC(=O)O1. The monoisotopic (exact) mass is 1490 g/mol. The van der Waals surface area contributed by atoms with Crippen molar-refractivity contribution in [3.63, 3.8) is 0 Å². The highest BCUT2D eigenvalue weighted by Crippen LogP contribution is 2.32. The van der Waals surface area contributed by atoms with Gasteiger partial charge in [0.05, 0.1) is 91.2 Å². The Morgan fingerprint density at radius 1 is 0.567 bits per heavy atom. The quantitative estimate of drug-likeness (QED) is 0.00922. The van der Waals surface area contributed by atoms with Crippen molar-refractivity contribution in [2.75, 3.05) is 146 Å². The van der Waals surface area contributed by atoms with E-state index in [1.807, 2.05) is 0 Å². The molecule has 0 radical (unpaired) electrons. The predicted molar refractivity (Wildman–Crippen MR) is 357 cm³/mol. The van der Waals surface area contributed by atoms with Gasteiger partial charge in [0, 0.05) is 53.2 Å². The fourth-order valence-electron chi connectivity index (χ4n) is 9.72. The molecule has 6 N–H and O–H groups in total. The maximum Gasteiger partial charge on any atom is 0.508 e. The molecule has 0 aromatic rings. The van der Waals surface area contributed by atoms with E-state index in [0.29, 0.717) is 19.8 Å². The third kappa shape index (κ3) is 34.0. The number of hydrogen-bond acceptors (Lipinski definition) is 32. The third-order valence-electron chi connectivity index (χ3n) is 14.0. The number of terminal acetylenes is 1.